The summed E-state index contributed by atoms with van der Waals surface area (Å²) in [6, 6.07) is 3.88. The van der Waals surface area contributed by atoms with Gasteiger partial charge in [0.2, 0.25) is 0 Å². The minimum atomic E-state index is -0.0513. The fourth-order valence-electron chi connectivity index (χ4n) is 1.85. The van der Waals surface area contributed by atoms with Crippen molar-refractivity contribution >= 4 is 0 Å². The van der Waals surface area contributed by atoms with Gasteiger partial charge in [-0.2, -0.15) is 0 Å². The van der Waals surface area contributed by atoms with Gasteiger partial charge in [0, 0.05) is 12.1 Å². The molecule has 0 saturated carbocycles. The zero-order valence-electron chi connectivity index (χ0n) is 10.5. The summed E-state index contributed by atoms with van der Waals surface area (Å²) < 4.78 is 5.62. The number of likely N-dealkylation sites (N-methyl/N-ethyl adjacent to an activating group) is 1. The van der Waals surface area contributed by atoms with E-state index in [2.05, 4.69) is 0 Å². The van der Waals surface area contributed by atoms with Crippen LogP contribution in [0.3, 0.4) is 0 Å². The zero-order chi connectivity index (χ0) is 12.3. The summed E-state index contributed by atoms with van der Waals surface area (Å²) >= 11 is 0. The Morgan fingerprint density at radius 3 is 2.44 bits per heavy atom. The highest BCUT2D eigenvalue weighted by Crippen LogP contribution is 2.25. The number of aliphatic hydroxyl groups excluding tert-OH is 1. The van der Waals surface area contributed by atoms with Crippen molar-refractivity contribution in [1.29, 1.82) is 0 Å². The van der Waals surface area contributed by atoms with E-state index in [4.69, 9.17) is 10.2 Å². The number of nitrogens with zero attached hydrogens (tertiary/aromatic N) is 1. The predicted molar refractivity (Wildman–Crippen MR) is 64.1 cm³/mol. The van der Waals surface area contributed by atoms with Crippen LogP contribution in [0.25, 0.3) is 0 Å². The molecule has 0 saturated heterocycles. The molecule has 0 amide bonds. The summed E-state index contributed by atoms with van der Waals surface area (Å²) in [5.41, 5.74) is 5.99. The van der Waals surface area contributed by atoms with Crippen molar-refractivity contribution in [3.8, 4) is 0 Å². The number of aryl methyl sites for hydroxylation is 1. The van der Waals surface area contributed by atoms with Crippen molar-refractivity contribution < 1.29 is 9.52 Å². The highest BCUT2D eigenvalue weighted by molar-refractivity contribution is 5.12. The van der Waals surface area contributed by atoms with E-state index in [1.54, 1.807) is 0 Å². The van der Waals surface area contributed by atoms with E-state index in [-0.39, 0.29) is 24.7 Å². The smallest absolute Gasteiger partial charge is 0.122 e. The van der Waals surface area contributed by atoms with Crippen molar-refractivity contribution in [2.75, 3.05) is 13.7 Å². The topological polar surface area (TPSA) is 62.6 Å². The average molecular weight is 226 g/mol. The second-order valence-electron chi connectivity index (χ2n) is 4.45. The van der Waals surface area contributed by atoms with E-state index in [1.807, 2.05) is 44.9 Å². The van der Waals surface area contributed by atoms with Gasteiger partial charge in [-0.25, -0.2) is 0 Å². The van der Waals surface area contributed by atoms with Crippen molar-refractivity contribution in [2.24, 2.45) is 5.73 Å². The number of hydrogen-bond acceptors (Lipinski definition) is 4. The Balaban J connectivity index is 2.91. The third-order valence-electron chi connectivity index (χ3n) is 2.95. The van der Waals surface area contributed by atoms with Crippen LogP contribution < -0.4 is 5.73 Å². The summed E-state index contributed by atoms with van der Waals surface area (Å²) in [6.45, 7) is 5.94. The standard InChI is InChI=1S/C12H22N2O2/c1-8(7-15)14(4)12(10(3)13)11-6-5-9(2)16-11/h5-6,8,10,12,15H,7,13H2,1-4H3. The molecular formula is C12H22N2O2. The molecule has 1 aromatic rings. The number of furan rings is 1. The van der Waals surface area contributed by atoms with Gasteiger partial charge in [0.1, 0.15) is 11.5 Å². The number of nitrogens with two attached hydrogens (primary N) is 1. The van der Waals surface area contributed by atoms with Gasteiger partial charge in [-0.15, -0.1) is 0 Å². The van der Waals surface area contributed by atoms with Gasteiger partial charge in [0.05, 0.1) is 12.6 Å². The fourth-order valence-corrected chi connectivity index (χ4v) is 1.85. The van der Waals surface area contributed by atoms with E-state index in [0.29, 0.717) is 0 Å². The Morgan fingerprint density at radius 2 is 2.06 bits per heavy atom. The number of rotatable bonds is 5. The molecule has 16 heavy (non-hydrogen) atoms. The molecule has 0 aromatic carbocycles. The van der Waals surface area contributed by atoms with Gasteiger partial charge in [-0.05, 0) is 40.0 Å². The monoisotopic (exact) mass is 226 g/mol. The van der Waals surface area contributed by atoms with E-state index < -0.39 is 0 Å². The van der Waals surface area contributed by atoms with Crippen LogP contribution in [-0.4, -0.2) is 35.7 Å². The molecule has 1 rings (SSSR count). The van der Waals surface area contributed by atoms with Crippen LogP contribution in [-0.2, 0) is 0 Å². The van der Waals surface area contributed by atoms with Crippen LogP contribution in [0.2, 0.25) is 0 Å². The van der Waals surface area contributed by atoms with Gasteiger partial charge in [-0.3, -0.25) is 4.90 Å². The molecule has 0 aliphatic carbocycles. The third-order valence-corrected chi connectivity index (χ3v) is 2.95. The summed E-state index contributed by atoms with van der Waals surface area (Å²) in [5.74, 6) is 1.74. The molecule has 1 aromatic heterocycles. The molecule has 3 unspecified atom stereocenters. The lowest BCUT2D eigenvalue weighted by Gasteiger charge is -2.33. The molecule has 92 valence electrons. The van der Waals surface area contributed by atoms with Crippen LogP contribution >= 0.6 is 0 Å². The fraction of sp³-hybridized carbons (Fsp3) is 0.667. The normalized spacial score (nSPS) is 17.4. The molecule has 4 nitrogen and oxygen atoms in total. The molecule has 0 bridgehead atoms. The largest absolute Gasteiger partial charge is 0.465 e. The van der Waals surface area contributed by atoms with E-state index in [1.165, 1.54) is 0 Å². The van der Waals surface area contributed by atoms with Crippen LogP contribution in [0.5, 0.6) is 0 Å². The minimum absolute atomic E-state index is 0.00384. The van der Waals surface area contributed by atoms with Crippen LogP contribution in [0, 0.1) is 6.92 Å². The second kappa shape index (κ2) is 5.48. The Bertz CT molecular complexity index is 323. The first kappa shape index (κ1) is 13.2. The molecule has 0 spiro atoms. The van der Waals surface area contributed by atoms with Gasteiger partial charge in [0.15, 0.2) is 0 Å². The zero-order valence-corrected chi connectivity index (χ0v) is 10.5. The molecule has 0 aliphatic rings. The van der Waals surface area contributed by atoms with Crippen molar-refractivity contribution in [3.63, 3.8) is 0 Å². The predicted octanol–water partition coefficient (Wildman–Crippen LogP) is 1.29. The molecule has 0 fully saturated rings. The van der Waals surface area contributed by atoms with Crippen molar-refractivity contribution in [3.05, 3.63) is 23.7 Å². The first-order valence-corrected chi connectivity index (χ1v) is 5.62. The van der Waals surface area contributed by atoms with E-state index in [9.17, 15) is 5.11 Å². The van der Waals surface area contributed by atoms with Crippen LogP contribution in [0.15, 0.2) is 16.5 Å². The van der Waals surface area contributed by atoms with Crippen LogP contribution in [0.1, 0.15) is 31.4 Å². The highest BCUT2D eigenvalue weighted by atomic mass is 16.3. The summed E-state index contributed by atoms with van der Waals surface area (Å²) in [7, 11) is 1.95. The van der Waals surface area contributed by atoms with Gasteiger partial charge in [-0.1, -0.05) is 0 Å². The Morgan fingerprint density at radius 1 is 1.44 bits per heavy atom. The Hall–Kier alpha value is -0.840. The summed E-state index contributed by atoms with van der Waals surface area (Å²) in [5, 5.41) is 9.17. The molecule has 4 heteroatoms. The Kier molecular flexibility index (Phi) is 4.53. The van der Waals surface area contributed by atoms with Gasteiger partial charge >= 0.3 is 0 Å². The lowest BCUT2D eigenvalue weighted by molar-refractivity contribution is 0.0972. The maximum Gasteiger partial charge on any atom is 0.122 e. The summed E-state index contributed by atoms with van der Waals surface area (Å²) in [4.78, 5) is 2.04. The average Bonchev–Trinajstić information content (AvgIpc) is 2.63. The summed E-state index contributed by atoms with van der Waals surface area (Å²) in [6.07, 6.45) is 0. The minimum Gasteiger partial charge on any atom is -0.465 e. The first-order chi connectivity index (χ1) is 7.47. The maximum atomic E-state index is 9.17. The lowest BCUT2D eigenvalue weighted by Crippen LogP contribution is -2.43. The van der Waals surface area contributed by atoms with Gasteiger partial charge < -0.3 is 15.3 Å². The molecule has 3 N–H and O–H groups in total. The first-order valence-electron chi connectivity index (χ1n) is 5.62. The van der Waals surface area contributed by atoms with Crippen molar-refractivity contribution in [2.45, 2.75) is 38.9 Å². The maximum absolute atomic E-state index is 9.17. The van der Waals surface area contributed by atoms with Crippen LogP contribution in [0.4, 0.5) is 0 Å². The second-order valence-corrected chi connectivity index (χ2v) is 4.45. The highest BCUT2D eigenvalue weighted by Gasteiger charge is 2.26. The molecule has 0 aliphatic heterocycles. The quantitative estimate of drug-likeness (QED) is 0.794. The van der Waals surface area contributed by atoms with Gasteiger partial charge in [0.25, 0.3) is 0 Å². The van der Waals surface area contributed by atoms with Crippen molar-refractivity contribution in [1.82, 2.24) is 4.90 Å². The molecule has 0 radical (unpaired) electrons. The molecule has 3 atom stereocenters. The Labute approximate surface area is 97.0 Å². The van der Waals surface area contributed by atoms with E-state index >= 15 is 0 Å². The lowest BCUT2D eigenvalue weighted by atomic mass is 10.1. The third kappa shape index (κ3) is 2.84. The van der Waals surface area contributed by atoms with E-state index in [0.717, 1.165) is 11.5 Å². The molecular weight excluding hydrogens is 204 g/mol. The SMILES string of the molecule is Cc1ccc(C(C(C)N)N(C)C(C)CO)o1. The number of hydrogen-bond donors (Lipinski definition) is 2. The number of aliphatic hydroxyl groups is 1. The molecule has 1 heterocycles.